The van der Waals surface area contributed by atoms with Gasteiger partial charge in [-0.2, -0.15) is 10.2 Å². The largest absolute Gasteiger partial charge is 0.454 e. The summed E-state index contributed by atoms with van der Waals surface area (Å²) in [5.41, 5.74) is 0. The summed E-state index contributed by atoms with van der Waals surface area (Å²) in [6.45, 7) is 0.920. The molecule has 0 unspecified atom stereocenters. The molecule has 0 radical (unpaired) electrons. The molecule has 0 bridgehead atoms. The number of azo groups is 1. The second kappa shape index (κ2) is 2.83. The van der Waals surface area contributed by atoms with Gasteiger partial charge in [0.1, 0.15) is 0 Å². The third-order valence-electron chi connectivity index (χ3n) is 2.25. The average Bonchev–Trinajstić information content (AvgIpc) is 2.51. The number of fused-ring (bicyclic) bond motifs is 2. The summed E-state index contributed by atoms with van der Waals surface area (Å²) in [5.74, 6) is 1.58. The van der Waals surface area contributed by atoms with Crippen molar-refractivity contribution in [2.75, 3.05) is 13.3 Å². The van der Waals surface area contributed by atoms with Gasteiger partial charge in [0.2, 0.25) is 6.79 Å². The van der Waals surface area contributed by atoms with E-state index < -0.39 is 0 Å². The Morgan fingerprint density at radius 1 is 1.07 bits per heavy atom. The maximum atomic E-state index is 5.29. The third kappa shape index (κ3) is 1.08. The van der Waals surface area contributed by atoms with Crippen LogP contribution in [0.4, 0.5) is 0 Å². The minimum absolute atomic E-state index is 0.305. The first-order valence-electron chi connectivity index (χ1n) is 4.40. The molecule has 0 saturated heterocycles. The van der Waals surface area contributed by atoms with E-state index in [0.717, 1.165) is 21.9 Å². The van der Waals surface area contributed by atoms with Crippen molar-refractivity contribution < 1.29 is 9.47 Å². The molecule has 2 heterocycles. The van der Waals surface area contributed by atoms with Crippen LogP contribution in [0.5, 0.6) is 11.5 Å². The van der Waals surface area contributed by atoms with Gasteiger partial charge in [0.05, 0.1) is 12.7 Å². The molecule has 1 aromatic rings. The zero-order chi connectivity index (χ0) is 9.38. The standard InChI is InChI=1S/C10H8N2O2/c1-2-11-12-5-8-4-10-9(3-7(1)8)13-6-14-10/h1,3-5H,2,6H2. The molecule has 0 atom stereocenters. The second-order valence-electron chi connectivity index (χ2n) is 3.11. The Hall–Kier alpha value is -1.84. The van der Waals surface area contributed by atoms with E-state index in [-0.39, 0.29) is 0 Å². The van der Waals surface area contributed by atoms with Crippen LogP contribution in [-0.2, 0) is 0 Å². The van der Waals surface area contributed by atoms with Gasteiger partial charge in [0, 0.05) is 5.22 Å². The van der Waals surface area contributed by atoms with Crippen LogP contribution >= 0.6 is 0 Å². The Kier molecular flexibility index (Phi) is 1.53. The van der Waals surface area contributed by atoms with Crippen molar-refractivity contribution in [3.8, 4) is 11.5 Å². The monoisotopic (exact) mass is 188 g/mol. The zero-order valence-corrected chi connectivity index (χ0v) is 7.43. The van der Waals surface area contributed by atoms with Gasteiger partial charge in [-0.25, -0.2) is 0 Å². The molecular weight excluding hydrogens is 180 g/mol. The van der Waals surface area contributed by atoms with E-state index in [1.54, 1.807) is 6.20 Å². The van der Waals surface area contributed by atoms with Crippen molar-refractivity contribution in [1.29, 1.82) is 0 Å². The molecular formula is C10H8N2O2. The van der Waals surface area contributed by atoms with Crippen LogP contribution in [0.1, 0.15) is 0 Å². The lowest BCUT2D eigenvalue weighted by Gasteiger charge is -1.94. The molecule has 3 rings (SSSR count). The molecule has 14 heavy (non-hydrogen) atoms. The summed E-state index contributed by atoms with van der Waals surface area (Å²) in [6, 6.07) is 3.89. The predicted molar refractivity (Wildman–Crippen MR) is 50.5 cm³/mol. The van der Waals surface area contributed by atoms with E-state index in [9.17, 15) is 0 Å². The molecule has 4 nitrogen and oxygen atoms in total. The molecule has 0 amide bonds. The highest BCUT2D eigenvalue weighted by molar-refractivity contribution is 5.47. The number of rotatable bonds is 0. The van der Waals surface area contributed by atoms with Gasteiger partial charge in [-0.15, -0.1) is 0 Å². The number of hydrogen-bond acceptors (Lipinski definition) is 4. The van der Waals surface area contributed by atoms with Crippen molar-refractivity contribution in [2.24, 2.45) is 10.2 Å². The van der Waals surface area contributed by atoms with Gasteiger partial charge in [-0.3, -0.25) is 0 Å². The summed E-state index contributed by atoms with van der Waals surface area (Å²) < 4.78 is 10.6. The first kappa shape index (κ1) is 7.55. The molecule has 0 N–H and O–H groups in total. The normalized spacial score (nSPS) is 16.6. The Labute approximate surface area is 80.2 Å². The highest BCUT2D eigenvalue weighted by atomic mass is 16.7. The van der Waals surface area contributed by atoms with Gasteiger partial charge in [0.25, 0.3) is 0 Å². The van der Waals surface area contributed by atoms with Gasteiger partial charge >= 0.3 is 0 Å². The van der Waals surface area contributed by atoms with Crippen molar-refractivity contribution in [2.45, 2.75) is 0 Å². The summed E-state index contributed by atoms with van der Waals surface area (Å²) in [7, 11) is 0. The zero-order valence-electron chi connectivity index (χ0n) is 7.43. The highest BCUT2D eigenvalue weighted by Crippen LogP contribution is 2.28. The minimum Gasteiger partial charge on any atom is -0.454 e. The Morgan fingerprint density at radius 2 is 1.86 bits per heavy atom. The molecule has 0 spiro atoms. The van der Waals surface area contributed by atoms with Gasteiger partial charge < -0.3 is 9.47 Å². The number of benzene rings is 1. The highest BCUT2D eigenvalue weighted by Gasteiger charge is 2.12. The van der Waals surface area contributed by atoms with Gasteiger partial charge in [-0.05, 0) is 17.4 Å². The summed E-state index contributed by atoms with van der Waals surface area (Å²) in [5, 5.41) is 9.95. The van der Waals surface area contributed by atoms with Crippen molar-refractivity contribution in [3.05, 3.63) is 22.6 Å². The molecule has 0 fully saturated rings. The second-order valence-corrected chi connectivity index (χ2v) is 3.11. The van der Waals surface area contributed by atoms with Crippen LogP contribution in [0.3, 0.4) is 0 Å². The van der Waals surface area contributed by atoms with Crippen LogP contribution in [0, 0.1) is 0 Å². The summed E-state index contributed by atoms with van der Waals surface area (Å²) in [6.07, 6.45) is 3.76. The number of hydrogen-bond donors (Lipinski definition) is 0. The molecule has 1 aromatic carbocycles. The Morgan fingerprint density at radius 3 is 2.71 bits per heavy atom. The van der Waals surface area contributed by atoms with Crippen LogP contribution in [0.2, 0.25) is 0 Å². The molecule has 0 aromatic heterocycles. The fraction of sp³-hybridized carbons (Fsp3) is 0.200. The summed E-state index contributed by atoms with van der Waals surface area (Å²) in [4.78, 5) is 0. The van der Waals surface area contributed by atoms with Crippen LogP contribution in [0.15, 0.2) is 22.4 Å². The van der Waals surface area contributed by atoms with E-state index in [0.29, 0.717) is 13.3 Å². The molecule has 0 saturated carbocycles. The van der Waals surface area contributed by atoms with E-state index in [1.807, 2.05) is 18.2 Å². The van der Waals surface area contributed by atoms with Crippen LogP contribution in [0.25, 0.3) is 12.3 Å². The van der Waals surface area contributed by atoms with Crippen molar-refractivity contribution in [3.63, 3.8) is 0 Å². The topological polar surface area (TPSA) is 43.2 Å². The number of nitrogens with zero attached hydrogens (tertiary/aromatic N) is 2. The molecule has 4 heteroatoms. The maximum Gasteiger partial charge on any atom is 0.231 e. The SMILES string of the molecule is C1=c2cc3c(cc2=CN=NC1)OCO3. The molecule has 0 aliphatic carbocycles. The maximum absolute atomic E-state index is 5.29. The first-order valence-corrected chi connectivity index (χ1v) is 4.40. The van der Waals surface area contributed by atoms with Crippen LogP contribution in [-0.4, -0.2) is 13.3 Å². The molecule has 70 valence electrons. The lowest BCUT2D eigenvalue weighted by atomic mass is 10.2. The van der Waals surface area contributed by atoms with Crippen molar-refractivity contribution >= 4 is 12.3 Å². The number of ether oxygens (including phenoxy) is 2. The minimum atomic E-state index is 0.305. The fourth-order valence-electron chi connectivity index (χ4n) is 1.55. The third-order valence-corrected chi connectivity index (χ3v) is 2.25. The van der Waals surface area contributed by atoms with Gasteiger partial charge in [0.15, 0.2) is 11.5 Å². The molecule has 2 aliphatic heterocycles. The smallest absolute Gasteiger partial charge is 0.231 e. The van der Waals surface area contributed by atoms with Crippen LogP contribution < -0.4 is 19.9 Å². The van der Waals surface area contributed by atoms with E-state index in [2.05, 4.69) is 10.2 Å². The van der Waals surface area contributed by atoms with E-state index in [4.69, 9.17) is 9.47 Å². The van der Waals surface area contributed by atoms with E-state index >= 15 is 0 Å². The quantitative estimate of drug-likeness (QED) is 0.591. The molecule has 2 aliphatic rings. The summed E-state index contributed by atoms with van der Waals surface area (Å²) >= 11 is 0. The van der Waals surface area contributed by atoms with Gasteiger partial charge in [-0.1, -0.05) is 6.08 Å². The lowest BCUT2D eigenvalue weighted by molar-refractivity contribution is 0.174. The predicted octanol–water partition coefficient (Wildman–Crippen LogP) is 0.400. The van der Waals surface area contributed by atoms with Crippen molar-refractivity contribution in [1.82, 2.24) is 0 Å². The first-order chi connectivity index (χ1) is 6.93. The average molecular weight is 188 g/mol. The van der Waals surface area contributed by atoms with E-state index in [1.165, 1.54) is 0 Å². The Bertz CT molecular complexity index is 520. The fourth-order valence-corrected chi connectivity index (χ4v) is 1.55. The Balaban J connectivity index is 2.33. The lowest BCUT2D eigenvalue weighted by Crippen LogP contribution is -2.23.